The second-order valence-corrected chi connectivity index (χ2v) is 3.47. The molecule has 2 nitrogen and oxygen atoms in total. The summed E-state index contributed by atoms with van der Waals surface area (Å²) in [6.45, 7) is 5.04. The third kappa shape index (κ3) is 1.39. The van der Waals surface area contributed by atoms with E-state index in [1.54, 1.807) is 0 Å². The highest BCUT2D eigenvalue weighted by Crippen LogP contribution is 2.23. The number of fused-ring (bicyclic) bond motifs is 1. The molecule has 0 aliphatic carbocycles. The van der Waals surface area contributed by atoms with E-state index in [0.717, 1.165) is 4.57 Å². The molecule has 1 aromatic carbocycles. The van der Waals surface area contributed by atoms with Gasteiger partial charge in [-0.2, -0.15) is 9.37 Å². The van der Waals surface area contributed by atoms with E-state index in [1.807, 2.05) is 0 Å². The van der Waals surface area contributed by atoms with Crippen LogP contribution in [0.15, 0.2) is 18.7 Å². The predicted octanol–water partition coefficient (Wildman–Crippen LogP) is 2.95. The van der Waals surface area contributed by atoms with E-state index in [9.17, 15) is 13.2 Å². The van der Waals surface area contributed by atoms with Crippen LogP contribution in [0.4, 0.5) is 13.2 Å². The molecule has 2 aromatic rings. The number of allylic oxidation sites excluding steroid dienone is 1. The standard InChI is InChI=1S/C11H9F3N2/c1-3-4-16-7-5-6(2)8(12)9(13)10(7)15-11(16)14/h3,5H,1,4H2,2H3. The largest absolute Gasteiger partial charge is 0.296 e. The molecule has 0 spiro atoms. The van der Waals surface area contributed by atoms with Gasteiger partial charge in [0, 0.05) is 6.54 Å². The lowest BCUT2D eigenvalue weighted by molar-refractivity contribution is 0.492. The number of imidazole rings is 1. The Balaban J connectivity index is 2.85. The number of hydrogen-bond donors (Lipinski definition) is 0. The first-order chi connectivity index (χ1) is 7.56. The average Bonchev–Trinajstić information content (AvgIpc) is 2.55. The van der Waals surface area contributed by atoms with Crippen molar-refractivity contribution in [2.24, 2.45) is 0 Å². The Morgan fingerprint density at radius 1 is 1.38 bits per heavy atom. The van der Waals surface area contributed by atoms with Crippen LogP contribution in [0.5, 0.6) is 0 Å². The van der Waals surface area contributed by atoms with Gasteiger partial charge in [0.1, 0.15) is 5.52 Å². The number of hydrogen-bond acceptors (Lipinski definition) is 1. The van der Waals surface area contributed by atoms with Crippen LogP contribution < -0.4 is 0 Å². The van der Waals surface area contributed by atoms with Crippen LogP contribution >= 0.6 is 0 Å². The summed E-state index contributed by atoms with van der Waals surface area (Å²) in [5.41, 5.74) is 0.0615. The lowest BCUT2D eigenvalue weighted by Crippen LogP contribution is -1.99. The number of rotatable bonds is 2. The van der Waals surface area contributed by atoms with E-state index in [1.165, 1.54) is 19.1 Å². The maximum atomic E-state index is 13.4. The van der Waals surface area contributed by atoms with Crippen LogP contribution in [0.3, 0.4) is 0 Å². The van der Waals surface area contributed by atoms with Gasteiger partial charge in [-0.25, -0.2) is 8.78 Å². The fourth-order valence-corrected chi connectivity index (χ4v) is 1.59. The summed E-state index contributed by atoms with van der Waals surface area (Å²) in [5.74, 6) is -2.10. The minimum Gasteiger partial charge on any atom is -0.296 e. The molecule has 0 aliphatic rings. The smallest absolute Gasteiger partial charge is 0.290 e. The average molecular weight is 226 g/mol. The number of halogens is 3. The van der Waals surface area contributed by atoms with Crippen molar-refractivity contribution in [2.75, 3.05) is 0 Å². The van der Waals surface area contributed by atoms with E-state index in [-0.39, 0.29) is 23.1 Å². The predicted molar refractivity (Wildman–Crippen MR) is 54.5 cm³/mol. The topological polar surface area (TPSA) is 17.8 Å². The van der Waals surface area contributed by atoms with Crippen molar-refractivity contribution in [3.63, 3.8) is 0 Å². The third-order valence-electron chi connectivity index (χ3n) is 2.37. The first-order valence-corrected chi connectivity index (χ1v) is 4.67. The highest BCUT2D eigenvalue weighted by atomic mass is 19.2. The Morgan fingerprint density at radius 3 is 2.69 bits per heavy atom. The summed E-state index contributed by atoms with van der Waals surface area (Å²) in [6, 6.07) is 1.37. The minimum absolute atomic E-state index is 0.121. The molecule has 0 fully saturated rings. The zero-order valence-corrected chi connectivity index (χ0v) is 8.60. The molecule has 84 valence electrons. The van der Waals surface area contributed by atoms with Crippen LogP contribution in [-0.2, 0) is 6.54 Å². The summed E-state index contributed by atoms with van der Waals surface area (Å²) >= 11 is 0. The lowest BCUT2D eigenvalue weighted by Gasteiger charge is -2.02. The van der Waals surface area contributed by atoms with Crippen molar-refractivity contribution in [3.05, 3.63) is 42.0 Å². The van der Waals surface area contributed by atoms with Crippen LogP contribution in [-0.4, -0.2) is 9.55 Å². The van der Waals surface area contributed by atoms with Crippen molar-refractivity contribution in [2.45, 2.75) is 13.5 Å². The van der Waals surface area contributed by atoms with Crippen molar-refractivity contribution in [1.82, 2.24) is 9.55 Å². The van der Waals surface area contributed by atoms with Gasteiger partial charge in [-0.3, -0.25) is 4.57 Å². The van der Waals surface area contributed by atoms with Gasteiger partial charge in [0.05, 0.1) is 5.52 Å². The third-order valence-corrected chi connectivity index (χ3v) is 2.37. The number of nitrogens with zero attached hydrogens (tertiary/aromatic N) is 2. The lowest BCUT2D eigenvalue weighted by atomic mass is 10.2. The molecule has 0 aliphatic heterocycles. The fourth-order valence-electron chi connectivity index (χ4n) is 1.59. The van der Waals surface area contributed by atoms with Crippen LogP contribution in [0.1, 0.15) is 5.56 Å². The van der Waals surface area contributed by atoms with Crippen LogP contribution in [0.2, 0.25) is 0 Å². The van der Waals surface area contributed by atoms with Gasteiger partial charge in [0.25, 0.3) is 6.08 Å². The highest BCUT2D eigenvalue weighted by Gasteiger charge is 2.18. The molecular formula is C11H9F3N2. The Labute approximate surface area is 90.0 Å². The normalized spacial score (nSPS) is 11.0. The molecule has 0 N–H and O–H groups in total. The van der Waals surface area contributed by atoms with E-state index in [2.05, 4.69) is 11.6 Å². The van der Waals surface area contributed by atoms with E-state index in [0.29, 0.717) is 0 Å². The van der Waals surface area contributed by atoms with Crippen LogP contribution in [0, 0.1) is 24.6 Å². The van der Waals surface area contributed by atoms with Gasteiger partial charge in [0.15, 0.2) is 11.6 Å². The molecule has 0 saturated heterocycles. The number of aryl methyl sites for hydroxylation is 1. The molecule has 2 rings (SSSR count). The zero-order chi connectivity index (χ0) is 11.9. The maximum Gasteiger partial charge on any atom is 0.290 e. The minimum atomic E-state index is -1.11. The van der Waals surface area contributed by atoms with Gasteiger partial charge in [-0.1, -0.05) is 6.08 Å². The molecule has 0 bridgehead atoms. The Hall–Kier alpha value is -1.78. The van der Waals surface area contributed by atoms with Crippen molar-refractivity contribution in [1.29, 1.82) is 0 Å². The summed E-state index contributed by atoms with van der Waals surface area (Å²) in [4.78, 5) is 3.37. The first kappa shape index (κ1) is 10.7. The molecule has 16 heavy (non-hydrogen) atoms. The van der Waals surface area contributed by atoms with Crippen molar-refractivity contribution < 1.29 is 13.2 Å². The number of aromatic nitrogens is 2. The van der Waals surface area contributed by atoms with Gasteiger partial charge >= 0.3 is 0 Å². The second-order valence-electron chi connectivity index (χ2n) is 3.47. The molecule has 0 radical (unpaired) electrons. The van der Waals surface area contributed by atoms with Gasteiger partial charge < -0.3 is 0 Å². The SMILES string of the molecule is C=CCn1c(F)nc2c(F)c(F)c(C)cc21. The molecule has 0 atom stereocenters. The van der Waals surface area contributed by atoms with Gasteiger partial charge in [-0.15, -0.1) is 6.58 Å². The molecule has 0 saturated carbocycles. The molecule has 5 heteroatoms. The zero-order valence-electron chi connectivity index (χ0n) is 8.60. The van der Waals surface area contributed by atoms with Gasteiger partial charge in [-0.05, 0) is 18.6 Å². The summed E-state index contributed by atoms with van der Waals surface area (Å²) in [6.07, 6.45) is 0.611. The Kier molecular flexibility index (Phi) is 2.46. The summed E-state index contributed by atoms with van der Waals surface area (Å²) in [7, 11) is 0. The Bertz CT molecular complexity index is 572. The molecule has 0 unspecified atom stereocenters. The van der Waals surface area contributed by atoms with E-state index >= 15 is 0 Å². The summed E-state index contributed by atoms with van der Waals surface area (Å²) < 4.78 is 41.2. The summed E-state index contributed by atoms with van der Waals surface area (Å²) in [5, 5.41) is 0. The second kappa shape index (κ2) is 3.66. The molecule has 0 amide bonds. The Morgan fingerprint density at radius 2 is 2.06 bits per heavy atom. The monoisotopic (exact) mass is 226 g/mol. The molecular weight excluding hydrogens is 217 g/mol. The fraction of sp³-hybridized carbons (Fsp3) is 0.182. The maximum absolute atomic E-state index is 13.4. The molecule has 1 aromatic heterocycles. The first-order valence-electron chi connectivity index (χ1n) is 4.67. The highest BCUT2D eigenvalue weighted by molar-refractivity contribution is 5.77. The quantitative estimate of drug-likeness (QED) is 0.720. The van der Waals surface area contributed by atoms with Crippen LogP contribution in [0.25, 0.3) is 11.0 Å². The molecule has 1 heterocycles. The van der Waals surface area contributed by atoms with E-state index in [4.69, 9.17) is 0 Å². The van der Waals surface area contributed by atoms with Crippen molar-refractivity contribution in [3.8, 4) is 0 Å². The van der Waals surface area contributed by atoms with E-state index < -0.39 is 17.7 Å². The number of benzene rings is 1. The van der Waals surface area contributed by atoms with Gasteiger partial charge in [0.2, 0.25) is 0 Å². The van der Waals surface area contributed by atoms with Crippen molar-refractivity contribution >= 4 is 11.0 Å².